The molecule has 0 unspecified atom stereocenters. The monoisotopic (exact) mass is 579 g/mol. The molecule has 0 bridgehead atoms. The molecule has 12 heteroatoms. The van der Waals surface area contributed by atoms with Gasteiger partial charge in [-0.2, -0.15) is 0 Å². The van der Waals surface area contributed by atoms with Crippen LogP contribution in [0.1, 0.15) is 80.6 Å². The summed E-state index contributed by atoms with van der Waals surface area (Å²) in [4.78, 5) is 67.6. The molecule has 0 spiro atoms. The number of hydrazine groups is 1. The highest BCUT2D eigenvalue weighted by Gasteiger charge is 2.70. The Bertz CT molecular complexity index is 1090. The minimum atomic E-state index is -1.96. The third kappa shape index (κ3) is 6.16. The molecule has 6 atom stereocenters. The zero-order valence-corrected chi connectivity index (χ0v) is 25.3. The van der Waals surface area contributed by atoms with E-state index >= 15 is 0 Å². The Labute approximate surface area is 241 Å². The number of alkyl halides is 1. The molecule has 230 valence electrons. The zero-order valence-electron chi connectivity index (χ0n) is 25.3. The lowest BCUT2D eigenvalue weighted by Crippen LogP contribution is -2.62. The summed E-state index contributed by atoms with van der Waals surface area (Å²) in [6, 6.07) is -1.89. The minimum absolute atomic E-state index is 0.0604. The topological polar surface area (TPSA) is 137 Å². The third-order valence-electron chi connectivity index (χ3n) is 9.50. The number of ether oxygens (including phenoxy) is 1. The average Bonchev–Trinajstić information content (AvgIpc) is 3.21. The van der Waals surface area contributed by atoms with E-state index in [9.17, 15) is 28.4 Å². The van der Waals surface area contributed by atoms with E-state index in [1.54, 1.807) is 20.8 Å². The number of fused-ring (bicyclic) bond motifs is 1. The number of amides is 5. The normalized spacial score (nSPS) is 28.9. The first-order valence-corrected chi connectivity index (χ1v) is 14.9. The van der Waals surface area contributed by atoms with Gasteiger partial charge < -0.3 is 20.3 Å². The van der Waals surface area contributed by atoms with Gasteiger partial charge in [0.05, 0.1) is 12.5 Å². The molecule has 0 aromatic heterocycles. The summed E-state index contributed by atoms with van der Waals surface area (Å²) in [5, 5.41) is 6.44. The zero-order chi connectivity index (χ0) is 30.5. The number of halogens is 1. The SMILES string of the molecule is CC[C@H](C)[C@H](NC(=O)C1(F)CCC1)C(=O)N1C[C@H]2[C@@H]([C@H]1C(=O)NN(C[C@@H]1CCNC1=O)C(=O)OC(C)(C)C)C2(C)C. The number of piperidine rings is 1. The Morgan fingerprint density at radius 3 is 2.39 bits per heavy atom. The maximum Gasteiger partial charge on any atom is 0.429 e. The van der Waals surface area contributed by atoms with Gasteiger partial charge in [0.15, 0.2) is 5.67 Å². The second-order valence-corrected chi connectivity index (χ2v) is 13.9. The van der Waals surface area contributed by atoms with Gasteiger partial charge in [-0.3, -0.25) is 24.6 Å². The molecule has 0 radical (unpaired) electrons. The first-order chi connectivity index (χ1) is 19.0. The number of carbonyl (C=O) groups is 5. The summed E-state index contributed by atoms with van der Waals surface area (Å²) >= 11 is 0. The van der Waals surface area contributed by atoms with Crippen molar-refractivity contribution in [2.75, 3.05) is 19.6 Å². The molecule has 11 nitrogen and oxygen atoms in total. The molecule has 2 heterocycles. The molecule has 4 aliphatic rings. The van der Waals surface area contributed by atoms with E-state index in [0.717, 1.165) is 5.01 Å². The minimum Gasteiger partial charge on any atom is -0.442 e. The molecule has 2 aliphatic heterocycles. The lowest BCUT2D eigenvalue weighted by Gasteiger charge is -2.38. The molecule has 3 N–H and O–H groups in total. The summed E-state index contributed by atoms with van der Waals surface area (Å²) in [7, 11) is 0. The van der Waals surface area contributed by atoms with Crippen molar-refractivity contribution in [1.82, 2.24) is 26.0 Å². The standard InChI is InChI=1S/C29H46FN5O6/c1-8-16(2)20(32-25(39)29(30)11-9-12-29)24(38)34-15-18-19(28(18,6)7)21(34)23(37)33-35(26(40)41-27(3,4)5)14-17-10-13-31-22(17)36/h16-21H,8-15H2,1-7H3,(H,31,36)(H,32,39)(H,33,37)/t16-,17-,18-,19-,20-,21-/m0/s1. The molecular weight excluding hydrogens is 533 g/mol. The molecule has 2 saturated carbocycles. The van der Waals surface area contributed by atoms with Gasteiger partial charge in [-0.25, -0.2) is 14.2 Å². The summed E-state index contributed by atoms with van der Waals surface area (Å²) in [5.74, 6) is -2.88. The lowest BCUT2D eigenvalue weighted by molar-refractivity contribution is -0.149. The van der Waals surface area contributed by atoms with Gasteiger partial charge >= 0.3 is 6.09 Å². The number of hydrogen-bond donors (Lipinski definition) is 3. The summed E-state index contributed by atoms with van der Waals surface area (Å²) in [5.41, 5.74) is -0.331. The van der Waals surface area contributed by atoms with Crippen LogP contribution in [-0.2, 0) is 23.9 Å². The molecule has 4 fully saturated rings. The average molecular weight is 580 g/mol. The van der Waals surface area contributed by atoms with Crippen LogP contribution in [0.4, 0.5) is 9.18 Å². The molecule has 5 amide bonds. The van der Waals surface area contributed by atoms with Crippen molar-refractivity contribution in [3.05, 3.63) is 0 Å². The fourth-order valence-electron chi connectivity index (χ4n) is 6.38. The number of nitrogens with zero attached hydrogens (tertiary/aromatic N) is 2. The Morgan fingerprint density at radius 1 is 1.22 bits per heavy atom. The van der Waals surface area contributed by atoms with E-state index in [-0.39, 0.29) is 48.5 Å². The number of rotatable bonds is 8. The second-order valence-electron chi connectivity index (χ2n) is 13.9. The summed E-state index contributed by atoms with van der Waals surface area (Å²) in [6.07, 6.45) is 1.15. The number of hydrogen-bond acceptors (Lipinski definition) is 6. The molecule has 2 saturated heterocycles. The van der Waals surface area contributed by atoms with E-state index in [1.807, 2.05) is 27.7 Å². The van der Waals surface area contributed by atoms with Gasteiger partial charge in [-0.05, 0) is 69.6 Å². The Hall–Kier alpha value is -2.92. The van der Waals surface area contributed by atoms with Crippen molar-refractivity contribution < 1.29 is 33.1 Å². The molecule has 0 aromatic rings. The highest BCUT2D eigenvalue weighted by Crippen LogP contribution is 2.65. The predicted octanol–water partition coefficient (Wildman–Crippen LogP) is 2.30. The fraction of sp³-hybridized carbons (Fsp3) is 0.828. The smallest absolute Gasteiger partial charge is 0.429 e. The van der Waals surface area contributed by atoms with Gasteiger partial charge in [0.2, 0.25) is 11.8 Å². The van der Waals surface area contributed by atoms with Crippen molar-refractivity contribution in [1.29, 1.82) is 0 Å². The van der Waals surface area contributed by atoms with E-state index < -0.39 is 53.1 Å². The first kappa shape index (κ1) is 31.0. The largest absolute Gasteiger partial charge is 0.442 e. The van der Waals surface area contributed by atoms with Crippen molar-refractivity contribution in [2.24, 2.45) is 29.1 Å². The van der Waals surface area contributed by atoms with Gasteiger partial charge in [-0.1, -0.05) is 34.1 Å². The Balaban J connectivity index is 1.56. The summed E-state index contributed by atoms with van der Waals surface area (Å²) in [6.45, 7) is 13.6. The molecule has 2 aliphatic carbocycles. The van der Waals surface area contributed by atoms with E-state index in [1.165, 1.54) is 4.90 Å². The van der Waals surface area contributed by atoms with Crippen molar-refractivity contribution in [3.63, 3.8) is 0 Å². The molecular formula is C29H46FN5O6. The second kappa shape index (κ2) is 11.1. The highest BCUT2D eigenvalue weighted by atomic mass is 19.1. The number of nitrogens with one attached hydrogen (secondary N) is 3. The molecule has 0 aromatic carbocycles. The van der Waals surface area contributed by atoms with Gasteiger partial charge in [0.25, 0.3) is 11.8 Å². The van der Waals surface area contributed by atoms with E-state index in [2.05, 4.69) is 16.1 Å². The third-order valence-corrected chi connectivity index (χ3v) is 9.50. The van der Waals surface area contributed by atoms with Crippen LogP contribution in [0.3, 0.4) is 0 Å². The lowest BCUT2D eigenvalue weighted by atomic mass is 9.81. The Kier molecular flexibility index (Phi) is 8.36. The van der Waals surface area contributed by atoms with E-state index in [0.29, 0.717) is 32.4 Å². The van der Waals surface area contributed by atoms with Crippen LogP contribution >= 0.6 is 0 Å². The fourth-order valence-corrected chi connectivity index (χ4v) is 6.38. The quantitative estimate of drug-likeness (QED) is 0.378. The van der Waals surface area contributed by atoms with Gasteiger partial charge in [0, 0.05) is 13.1 Å². The summed E-state index contributed by atoms with van der Waals surface area (Å²) < 4.78 is 20.4. The number of carbonyl (C=O) groups excluding carboxylic acids is 5. The molecule has 41 heavy (non-hydrogen) atoms. The highest BCUT2D eigenvalue weighted by molar-refractivity contribution is 5.95. The van der Waals surface area contributed by atoms with Crippen molar-refractivity contribution in [2.45, 2.75) is 104 Å². The van der Waals surface area contributed by atoms with Crippen LogP contribution < -0.4 is 16.1 Å². The Morgan fingerprint density at radius 2 is 1.88 bits per heavy atom. The number of likely N-dealkylation sites (tertiary alicyclic amines) is 1. The van der Waals surface area contributed by atoms with Crippen LogP contribution in [0.2, 0.25) is 0 Å². The van der Waals surface area contributed by atoms with Crippen LogP contribution in [0, 0.1) is 29.1 Å². The van der Waals surface area contributed by atoms with Gasteiger partial charge in [-0.15, -0.1) is 0 Å². The van der Waals surface area contributed by atoms with Crippen LogP contribution in [0.25, 0.3) is 0 Å². The maximum absolute atomic E-state index is 14.9. The van der Waals surface area contributed by atoms with Crippen molar-refractivity contribution in [3.8, 4) is 0 Å². The van der Waals surface area contributed by atoms with Crippen molar-refractivity contribution >= 4 is 29.7 Å². The van der Waals surface area contributed by atoms with Crippen LogP contribution in [-0.4, -0.2) is 82.6 Å². The van der Waals surface area contributed by atoms with Crippen LogP contribution in [0.5, 0.6) is 0 Å². The predicted molar refractivity (Wildman–Crippen MR) is 148 cm³/mol. The maximum atomic E-state index is 14.9. The van der Waals surface area contributed by atoms with E-state index in [4.69, 9.17) is 4.74 Å². The van der Waals surface area contributed by atoms with Gasteiger partial charge in [0.1, 0.15) is 17.7 Å². The molecule has 4 rings (SSSR count). The van der Waals surface area contributed by atoms with Crippen LogP contribution in [0.15, 0.2) is 0 Å². The first-order valence-electron chi connectivity index (χ1n) is 14.9.